The molecule has 1 fully saturated rings. The molecule has 1 aliphatic rings. The molecule has 17 heavy (non-hydrogen) atoms. The summed E-state index contributed by atoms with van der Waals surface area (Å²) in [6.45, 7) is 5.64. The zero-order chi connectivity index (χ0) is 11.5. The van der Waals surface area contributed by atoms with E-state index in [9.17, 15) is 0 Å². The maximum absolute atomic E-state index is 4.21. The van der Waals surface area contributed by atoms with E-state index in [0.29, 0.717) is 0 Å². The molecule has 0 atom stereocenters. The lowest BCUT2D eigenvalue weighted by atomic mass is 10.2. The van der Waals surface area contributed by atoms with Crippen LogP contribution < -0.4 is 5.32 Å². The Kier molecular flexibility index (Phi) is 3.07. The molecule has 3 heterocycles. The van der Waals surface area contributed by atoms with Crippen LogP contribution in [0, 0.1) is 0 Å². The van der Waals surface area contributed by atoms with Gasteiger partial charge in [-0.05, 0) is 43.3 Å². The van der Waals surface area contributed by atoms with Crippen molar-refractivity contribution in [3.8, 4) is 0 Å². The summed E-state index contributed by atoms with van der Waals surface area (Å²) in [5.41, 5.74) is 2.55. The topological polar surface area (TPSA) is 32.6 Å². The SMILES string of the molecule is c1cc2cc(CN3CCCNCC3)ccn2n1. The number of hydrogen-bond donors (Lipinski definition) is 1. The minimum Gasteiger partial charge on any atom is -0.315 e. The maximum atomic E-state index is 4.21. The second-order valence-corrected chi connectivity index (χ2v) is 4.62. The molecule has 0 saturated carbocycles. The molecule has 1 aliphatic heterocycles. The summed E-state index contributed by atoms with van der Waals surface area (Å²) in [6, 6.07) is 6.44. The van der Waals surface area contributed by atoms with Gasteiger partial charge >= 0.3 is 0 Å². The van der Waals surface area contributed by atoms with Gasteiger partial charge < -0.3 is 5.32 Å². The molecule has 0 amide bonds. The van der Waals surface area contributed by atoms with Crippen LogP contribution in [-0.2, 0) is 6.54 Å². The van der Waals surface area contributed by atoms with E-state index in [1.807, 2.05) is 23.0 Å². The number of pyridine rings is 1. The third-order valence-corrected chi connectivity index (χ3v) is 3.30. The average molecular weight is 230 g/mol. The summed E-state index contributed by atoms with van der Waals surface area (Å²) >= 11 is 0. The second-order valence-electron chi connectivity index (χ2n) is 4.62. The molecule has 90 valence electrons. The van der Waals surface area contributed by atoms with Gasteiger partial charge in [0.05, 0.1) is 5.52 Å². The van der Waals surface area contributed by atoms with Crippen molar-refractivity contribution in [3.63, 3.8) is 0 Å². The van der Waals surface area contributed by atoms with E-state index >= 15 is 0 Å². The number of nitrogens with one attached hydrogen (secondary N) is 1. The molecule has 0 aliphatic carbocycles. The zero-order valence-corrected chi connectivity index (χ0v) is 9.97. The molecule has 0 radical (unpaired) electrons. The van der Waals surface area contributed by atoms with Gasteiger partial charge in [-0.3, -0.25) is 4.90 Å². The number of aromatic nitrogens is 2. The fourth-order valence-corrected chi connectivity index (χ4v) is 2.38. The molecule has 2 aromatic heterocycles. The molecule has 3 rings (SSSR count). The molecular weight excluding hydrogens is 212 g/mol. The Morgan fingerprint density at radius 2 is 2.24 bits per heavy atom. The van der Waals surface area contributed by atoms with Crippen LogP contribution in [0.15, 0.2) is 30.6 Å². The molecular formula is C13H18N4. The quantitative estimate of drug-likeness (QED) is 0.839. The molecule has 0 unspecified atom stereocenters. The molecule has 0 aromatic carbocycles. The van der Waals surface area contributed by atoms with Gasteiger partial charge in [0.2, 0.25) is 0 Å². The van der Waals surface area contributed by atoms with Crippen molar-refractivity contribution < 1.29 is 0 Å². The van der Waals surface area contributed by atoms with Crippen molar-refractivity contribution >= 4 is 5.52 Å². The smallest absolute Gasteiger partial charge is 0.0664 e. The number of rotatable bonds is 2. The van der Waals surface area contributed by atoms with E-state index in [1.165, 1.54) is 24.0 Å². The maximum Gasteiger partial charge on any atom is 0.0664 e. The molecule has 2 aromatic rings. The van der Waals surface area contributed by atoms with Crippen LogP contribution in [0.2, 0.25) is 0 Å². The molecule has 1 saturated heterocycles. The van der Waals surface area contributed by atoms with Crippen molar-refractivity contribution in [2.45, 2.75) is 13.0 Å². The molecule has 4 heteroatoms. The standard InChI is InChI=1S/C13H18N4/c1-4-14-6-9-16(7-1)11-12-3-8-17-13(10-12)2-5-15-17/h2-3,5,8,10,14H,1,4,6-7,9,11H2. The largest absolute Gasteiger partial charge is 0.315 e. The Hall–Kier alpha value is -1.39. The summed E-state index contributed by atoms with van der Waals surface area (Å²) in [6.07, 6.45) is 5.13. The first-order valence-corrected chi connectivity index (χ1v) is 6.27. The molecule has 4 nitrogen and oxygen atoms in total. The Labute approximate surface area is 101 Å². The summed E-state index contributed by atoms with van der Waals surface area (Å²) < 4.78 is 1.91. The predicted molar refractivity (Wildman–Crippen MR) is 68.0 cm³/mol. The van der Waals surface area contributed by atoms with E-state index in [4.69, 9.17) is 0 Å². The lowest BCUT2D eigenvalue weighted by Gasteiger charge is -2.19. The lowest BCUT2D eigenvalue weighted by molar-refractivity contribution is 0.284. The third-order valence-electron chi connectivity index (χ3n) is 3.30. The van der Waals surface area contributed by atoms with E-state index in [0.717, 1.165) is 26.2 Å². The van der Waals surface area contributed by atoms with E-state index in [1.54, 1.807) is 0 Å². The van der Waals surface area contributed by atoms with E-state index in [2.05, 4.69) is 27.4 Å². The first-order valence-electron chi connectivity index (χ1n) is 6.27. The van der Waals surface area contributed by atoms with Gasteiger partial charge in [-0.1, -0.05) is 0 Å². The predicted octanol–water partition coefficient (Wildman–Crippen LogP) is 1.13. The summed E-state index contributed by atoms with van der Waals surface area (Å²) in [5.74, 6) is 0. The minimum atomic E-state index is 1.04. The highest BCUT2D eigenvalue weighted by Gasteiger charge is 2.09. The van der Waals surface area contributed by atoms with Crippen molar-refractivity contribution in [1.29, 1.82) is 0 Å². The number of fused-ring (bicyclic) bond motifs is 1. The first kappa shape index (κ1) is 10.7. The average Bonchev–Trinajstić information content (AvgIpc) is 2.65. The first-order chi connectivity index (χ1) is 8.42. The highest BCUT2D eigenvalue weighted by atomic mass is 15.2. The van der Waals surface area contributed by atoms with Gasteiger partial charge in [-0.15, -0.1) is 0 Å². The van der Waals surface area contributed by atoms with E-state index in [-0.39, 0.29) is 0 Å². The molecule has 0 bridgehead atoms. The summed E-state index contributed by atoms with van der Waals surface area (Å²) in [5, 5.41) is 7.65. The number of hydrogen-bond acceptors (Lipinski definition) is 3. The zero-order valence-electron chi connectivity index (χ0n) is 9.97. The summed E-state index contributed by atoms with van der Waals surface area (Å²) in [7, 11) is 0. The van der Waals surface area contributed by atoms with Crippen LogP contribution in [0.5, 0.6) is 0 Å². The van der Waals surface area contributed by atoms with Crippen LogP contribution in [0.1, 0.15) is 12.0 Å². The minimum absolute atomic E-state index is 1.04. The Balaban J connectivity index is 1.74. The van der Waals surface area contributed by atoms with Crippen LogP contribution >= 0.6 is 0 Å². The van der Waals surface area contributed by atoms with Gasteiger partial charge in [0.15, 0.2) is 0 Å². The van der Waals surface area contributed by atoms with Crippen molar-refractivity contribution in [3.05, 3.63) is 36.2 Å². The summed E-state index contributed by atoms with van der Waals surface area (Å²) in [4.78, 5) is 2.52. The van der Waals surface area contributed by atoms with Gasteiger partial charge in [-0.2, -0.15) is 5.10 Å². The Bertz CT molecular complexity index is 483. The van der Waals surface area contributed by atoms with Gasteiger partial charge in [-0.25, -0.2) is 4.52 Å². The van der Waals surface area contributed by atoms with Gasteiger partial charge in [0, 0.05) is 32.0 Å². The van der Waals surface area contributed by atoms with Crippen molar-refractivity contribution in [2.24, 2.45) is 0 Å². The van der Waals surface area contributed by atoms with Crippen molar-refractivity contribution in [2.75, 3.05) is 26.2 Å². The Morgan fingerprint density at radius 1 is 1.24 bits per heavy atom. The van der Waals surface area contributed by atoms with Crippen molar-refractivity contribution in [1.82, 2.24) is 19.8 Å². The van der Waals surface area contributed by atoms with Gasteiger partial charge in [0.1, 0.15) is 0 Å². The highest BCUT2D eigenvalue weighted by Crippen LogP contribution is 2.10. The normalized spacial score (nSPS) is 18.4. The highest BCUT2D eigenvalue weighted by molar-refractivity contribution is 5.47. The number of nitrogens with zero attached hydrogens (tertiary/aromatic N) is 3. The second kappa shape index (κ2) is 4.85. The Morgan fingerprint density at radius 3 is 3.24 bits per heavy atom. The fourth-order valence-electron chi connectivity index (χ4n) is 2.38. The monoisotopic (exact) mass is 230 g/mol. The van der Waals surface area contributed by atoms with Crippen LogP contribution in [0.4, 0.5) is 0 Å². The van der Waals surface area contributed by atoms with Crippen LogP contribution in [0.25, 0.3) is 5.52 Å². The van der Waals surface area contributed by atoms with Gasteiger partial charge in [0.25, 0.3) is 0 Å². The van der Waals surface area contributed by atoms with E-state index < -0.39 is 0 Å². The fraction of sp³-hybridized carbons (Fsp3) is 0.462. The van der Waals surface area contributed by atoms with Crippen LogP contribution in [-0.4, -0.2) is 40.7 Å². The third kappa shape index (κ3) is 2.48. The lowest BCUT2D eigenvalue weighted by Crippen LogP contribution is -2.27. The van der Waals surface area contributed by atoms with Crippen LogP contribution in [0.3, 0.4) is 0 Å². The molecule has 0 spiro atoms. The molecule has 1 N–H and O–H groups in total.